The van der Waals surface area contributed by atoms with E-state index in [1.54, 1.807) is 0 Å². The first-order chi connectivity index (χ1) is 4.33. The maximum Gasteiger partial charge on any atom is 0.0152 e. The minimum Gasteiger partial charge on any atom is -0.120 e. The highest BCUT2D eigenvalue weighted by Crippen LogP contribution is 2.51. The summed E-state index contributed by atoms with van der Waals surface area (Å²) in [5, 5.41) is 0. The third kappa shape index (κ3) is 1.27. The highest BCUT2D eigenvalue weighted by Gasteiger charge is 2.40. The Balaban J connectivity index is 2.38. The van der Waals surface area contributed by atoms with Gasteiger partial charge in [-0.25, -0.2) is 0 Å². The summed E-state index contributed by atoms with van der Waals surface area (Å²) in [7, 11) is 0. The van der Waals surface area contributed by atoms with Crippen LogP contribution in [0.15, 0.2) is 0 Å². The molecule has 0 nitrogen and oxygen atoms in total. The van der Waals surface area contributed by atoms with Crippen molar-refractivity contribution in [2.75, 3.05) is 0 Å². The highest BCUT2D eigenvalue weighted by molar-refractivity contribution is 5.08. The van der Waals surface area contributed by atoms with Crippen molar-refractivity contribution < 1.29 is 0 Å². The van der Waals surface area contributed by atoms with Crippen molar-refractivity contribution in [3.8, 4) is 24.7 Å². The van der Waals surface area contributed by atoms with Gasteiger partial charge in [-0.3, -0.25) is 0 Å². The SMILES string of the molecule is C#CCC1(CC#C)CC1. The van der Waals surface area contributed by atoms with Crippen molar-refractivity contribution in [3.05, 3.63) is 0 Å². The average molecular weight is 118 g/mol. The van der Waals surface area contributed by atoms with Gasteiger partial charge in [0.1, 0.15) is 0 Å². The molecular formula is C9H10. The van der Waals surface area contributed by atoms with E-state index in [1.807, 2.05) is 0 Å². The number of rotatable bonds is 2. The summed E-state index contributed by atoms with van der Waals surface area (Å²) in [5.41, 5.74) is 0.378. The van der Waals surface area contributed by atoms with Gasteiger partial charge in [0.25, 0.3) is 0 Å². The van der Waals surface area contributed by atoms with E-state index in [1.165, 1.54) is 12.8 Å². The summed E-state index contributed by atoms with van der Waals surface area (Å²) in [6, 6.07) is 0. The van der Waals surface area contributed by atoms with Crippen LogP contribution in [-0.2, 0) is 0 Å². The predicted octanol–water partition coefficient (Wildman–Crippen LogP) is 1.81. The van der Waals surface area contributed by atoms with Crippen molar-refractivity contribution in [2.24, 2.45) is 5.41 Å². The van der Waals surface area contributed by atoms with Gasteiger partial charge in [-0.1, -0.05) is 0 Å². The zero-order valence-electron chi connectivity index (χ0n) is 5.48. The Hall–Kier alpha value is -0.880. The Kier molecular flexibility index (Phi) is 1.50. The fraction of sp³-hybridized carbons (Fsp3) is 0.556. The fourth-order valence-electron chi connectivity index (χ4n) is 1.03. The van der Waals surface area contributed by atoms with E-state index >= 15 is 0 Å². The molecule has 1 saturated carbocycles. The van der Waals surface area contributed by atoms with Crippen LogP contribution < -0.4 is 0 Å². The molecule has 0 aromatic heterocycles. The Morgan fingerprint density at radius 2 is 1.56 bits per heavy atom. The number of terminal acetylenes is 2. The van der Waals surface area contributed by atoms with Gasteiger partial charge in [-0.15, -0.1) is 24.7 Å². The van der Waals surface area contributed by atoms with E-state index in [-0.39, 0.29) is 0 Å². The molecule has 0 atom stereocenters. The largest absolute Gasteiger partial charge is 0.120 e. The smallest absolute Gasteiger partial charge is 0.0152 e. The van der Waals surface area contributed by atoms with Crippen molar-refractivity contribution in [1.29, 1.82) is 0 Å². The van der Waals surface area contributed by atoms with E-state index in [2.05, 4.69) is 11.8 Å². The molecule has 0 radical (unpaired) electrons. The lowest BCUT2D eigenvalue weighted by molar-refractivity contribution is 0.546. The number of hydrogen-bond acceptors (Lipinski definition) is 0. The van der Waals surface area contributed by atoms with Crippen LogP contribution in [0.2, 0.25) is 0 Å². The minimum absolute atomic E-state index is 0.378. The molecule has 0 spiro atoms. The summed E-state index contributed by atoms with van der Waals surface area (Å²) in [5.74, 6) is 5.32. The monoisotopic (exact) mass is 118 g/mol. The van der Waals surface area contributed by atoms with Crippen LogP contribution in [0, 0.1) is 30.1 Å². The van der Waals surface area contributed by atoms with E-state index in [0.717, 1.165) is 12.8 Å². The summed E-state index contributed by atoms with van der Waals surface area (Å²) in [6.45, 7) is 0. The Labute approximate surface area is 56.7 Å². The van der Waals surface area contributed by atoms with E-state index in [9.17, 15) is 0 Å². The van der Waals surface area contributed by atoms with Gasteiger partial charge in [-0.2, -0.15) is 0 Å². The molecule has 9 heavy (non-hydrogen) atoms. The minimum atomic E-state index is 0.378. The molecular weight excluding hydrogens is 108 g/mol. The van der Waals surface area contributed by atoms with Crippen LogP contribution in [0.1, 0.15) is 25.7 Å². The molecule has 0 N–H and O–H groups in total. The van der Waals surface area contributed by atoms with E-state index in [0.29, 0.717) is 5.41 Å². The third-order valence-corrected chi connectivity index (χ3v) is 1.91. The van der Waals surface area contributed by atoms with Gasteiger partial charge in [0.15, 0.2) is 0 Å². The van der Waals surface area contributed by atoms with Gasteiger partial charge in [0.2, 0.25) is 0 Å². The maximum atomic E-state index is 5.17. The van der Waals surface area contributed by atoms with E-state index in [4.69, 9.17) is 12.8 Å². The lowest BCUT2D eigenvalue weighted by Gasteiger charge is -2.03. The normalized spacial score (nSPS) is 19.8. The van der Waals surface area contributed by atoms with Crippen LogP contribution in [0.4, 0.5) is 0 Å². The van der Waals surface area contributed by atoms with Crippen molar-refractivity contribution in [1.82, 2.24) is 0 Å². The summed E-state index contributed by atoms with van der Waals surface area (Å²) < 4.78 is 0. The lowest BCUT2D eigenvalue weighted by Crippen LogP contribution is -1.95. The summed E-state index contributed by atoms with van der Waals surface area (Å²) in [6.07, 6.45) is 14.6. The molecule has 0 heterocycles. The van der Waals surface area contributed by atoms with Gasteiger partial charge in [0.05, 0.1) is 0 Å². The molecule has 1 aliphatic carbocycles. The lowest BCUT2D eigenvalue weighted by atomic mass is 10.00. The molecule has 1 fully saturated rings. The Morgan fingerprint density at radius 1 is 1.11 bits per heavy atom. The molecule has 0 saturated heterocycles. The second-order valence-electron chi connectivity index (χ2n) is 2.76. The first kappa shape index (κ1) is 6.24. The standard InChI is InChI=1S/C9H10/c1-3-5-9(6-4-2)7-8-9/h1-2H,5-8H2. The van der Waals surface area contributed by atoms with Crippen LogP contribution in [-0.4, -0.2) is 0 Å². The molecule has 1 aliphatic rings. The zero-order valence-corrected chi connectivity index (χ0v) is 5.48. The molecule has 0 aliphatic heterocycles. The second kappa shape index (κ2) is 2.16. The van der Waals surface area contributed by atoms with Crippen molar-refractivity contribution in [2.45, 2.75) is 25.7 Å². The second-order valence-corrected chi connectivity index (χ2v) is 2.76. The van der Waals surface area contributed by atoms with Crippen LogP contribution in [0.25, 0.3) is 0 Å². The number of hydrogen-bond donors (Lipinski definition) is 0. The molecule has 0 bridgehead atoms. The summed E-state index contributed by atoms with van der Waals surface area (Å²) in [4.78, 5) is 0. The quantitative estimate of drug-likeness (QED) is 0.485. The highest BCUT2D eigenvalue weighted by atomic mass is 14.4. The van der Waals surface area contributed by atoms with Gasteiger partial charge >= 0.3 is 0 Å². The third-order valence-electron chi connectivity index (χ3n) is 1.91. The predicted molar refractivity (Wildman–Crippen MR) is 38.6 cm³/mol. The zero-order chi connectivity index (χ0) is 6.74. The fourth-order valence-corrected chi connectivity index (χ4v) is 1.03. The molecule has 1 rings (SSSR count). The molecule has 0 heteroatoms. The van der Waals surface area contributed by atoms with Crippen LogP contribution in [0.3, 0.4) is 0 Å². The molecule has 0 amide bonds. The van der Waals surface area contributed by atoms with E-state index < -0.39 is 0 Å². The molecule has 0 aromatic carbocycles. The topological polar surface area (TPSA) is 0 Å². The Bertz CT molecular complexity index is 153. The molecule has 0 unspecified atom stereocenters. The summed E-state index contributed by atoms with van der Waals surface area (Å²) >= 11 is 0. The average Bonchev–Trinajstić information content (AvgIpc) is 2.51. The van der Waals surface area contributed by atoms with Crippen LogP contribution >= 0.6 is 0 Å². The van der Waals surface area contributed by atoms with Gasteiger partial charge in [0, 0.05) is 12.8 Å². The van der Waals surface area contributed by atoms with Crippen LogP contribution in [0.5, 0.6) is 0 Å². The van der Waals surface area contributed by atoms with Crippen molar-refractivity contribution in [3.63, 3.8) is 0 Å². The molecule has 0 aromatic rings. The first-order valence-electron chi connectivity index (χ1n) is 3.20. The van der Waals surface area contributed by atoms with Gasteiger partial charge in [-0.05, 0) is 18.3 Å². The first-order valence-corrected chi connectivity index (χ1v) is 3.20. The van der Waals surface area contributed by atoms with Crippen molar-refractivity contribution >= 4 is 0 Å². The maximum absolute atomic E-state index is 5.17. The van der Waals surface area contributed by atoms with Gasteiger partial charge < -0.3 is 0 Å². The molecule has 46 valence electrons. The Morgan fingerprint density at radius 3 is 1.78 bits per heavy atom.